The zero-order valence-corrected chi connectivity index (χ0v) is 13.3. The molecule has 0 spiro atoms. The molecule has 1 unspecified atom stereocenters. The zero-order valence-electron chi connectivity index (χ0n) is 13.3. The summed E-state index contributed by atoms with van der Waals surface area (Å²) in [6, 6.07) is 10.2. The van der Waals surface area contributed by atoms with E-state index in [2.05, 4.69) is 23.7 Å². The van der Waals surface area contributed by atoms with Crippen LogP contribution < -0.4 is 0 Å². The Bertz CT molecular complexity index is 661. The molecule has 1 fully saturated rings. The second-order valence-corrected chi connectivity index (χ2v) is 5.80. The molecule has 116 valence electrons. The summed E-state index contributed by atoms with van der Waals surface area (Å²) in [5, 5.41) is 1.02. The van der Waals surface area contributed by atoms with Crippen LogP contribution in [0.2, 0.25) is 0 Å². The Morgan fingerprint density at radius 2 is 2.05 bits per heavy atom. The molecule has 1 aromatic carbocycles. The number of likely N-dealkylation sites (tertiary alicyclic amines) is 1. The van der Waals surface area contributed by atoms with Crippen molar-refractivity contribution in [2.75, 3.05) is 26.2 Å². The molecule has 4 heteroatoms. The summed E-state index contributed by atoms with van der Waals surface area (Å²) in [5.41, 5.74) is 1.53. The standard InChI is InChI=1S/C18H23N3O/c1-3-20(4-2)15-10-12-21(13-15)18(22)16-9-5-7-14-8-6-11-19-17(14)16/h5-9,11,15H,3-4,10,12-13H2,1-2H3. The smallest absolute Gasteiger partial charge is 0.256 e. The summed E-state index contributed by atoms with van der Waals surface area (Å²) in [6.45, 7) is 8.11. The number of likely N-dealkylation sites (N-methyl/N-ethyl adjacent to an activating group) is 1. The third kappa shape index (κ3) is 2.71. The summed E-state index contributed by atoms with van der Waals surface area (Å²) in [5.74, 6) is 0.110. The van der Waals surface area contributed by atoms with Gasteiger partial charge in [0.2, 0.25) is 0 Å². The highest BCUT2D eigenvalue weighted by atomic mass is 16.2. The molecule has 1 amide bonds. The van der Waals surface area contributed by atoms with E-state index in [0.29, 0.717) is 6.04 Å². The Morgan fingerprint density at radius 3 is 2.82 bits per heavy atom. The second-order valence-electron chi connectivity index (χ2n) is 5.80. The van der Waals surface area contributed by atoms with Gasteiger partial charge in [-0.05, 0) is 31.6 Å². The Kier molecular flexibility index (Phi) is 4.39. The Labute approximate surface area is 131 Å². The molecule has 1 aliphatic rings. The molecule has 1 aromatic heterocycles. The minimum Gasteiger partial charge on any atom is -0.337 e. The van der Waals surface area contributed by atoms with Crippen LogP contribution in [0.25, 0.3) is 10.9 Å². The maximum Gasteiger partial charge on any atom is 0.256 e. The molecule has 0 N–H and O–H groups in total. The van der Waals surface area contributed by atoms with E-state index in [9.17, 15) is 4.79 Å². The van der Waals surface area contributed by atoms with Gasteiger partial charge >= 0.3 is 0 Å². The fraction of sp³-hybridized carbons (Fsp3) is 0.444. The van der Waals surface area contributed by atoms with Crippen molar-refractivity contribution in [3.63, 3.8) is 0 Å². The van der Waals surface area contributed by atoms with E-state index >= 15 is 0 Å². The molecule has 0 radical (unpaired) electrons. The number of amides is 1. The molecule has 2 aromatic rings. The molecular formula is C18H23N3O. The first-order valence-corrected chi connectivity index (χ1v) is 8.11. The van der Waals surface area contributed by atoms with E-state index in [1.807, 2.05) is 35.2 Å². The predicted octanol–water partition coefficient (Wildman–Crippen LogP) is 2.79. The van der Waals surface area contributed by atoms with Crippen molar-refractivity contribution >= 4 is 16.8 Å². The molecule has 22 heavy (non-hydrogen) atoms. The van der Waals surface area contributed by atoms with Gasteiger partial charge in [-0.3, -0.25) is 14.7 Å². The van der Waals surface area contributed by atoms with Crippen LogP contribution in [0.3, 0.4) is 0 Å². The van der Waals surface area contributed by atoms with Crippen molar-refractivity contribution in [1.82, 2.24) is 14.8 Å². The van der Waals surface area contributed by atoms with E-state index in [4.69, 9.17) is 0 Å². The average molecular weight is 297 g/mol. The van der Waals surface area contributed by atoms with Crippen LogP contribution in [0.1, 0.15) is 30.6 Å². The van der Waals surface area contributed by atoms with Gasteiger partial charge in [-0.2, -0.15) is 0 Å². The Morgan fingerprint density at radius 1 is 1.27 bits per heavy atom. The minimum absolute atomic E-state index is 0.110. The van der Waals surface area contributed by atoms with E-state index < -0.39 is 0 Å². The SMILES string of the molecule is CCN(CC)C1CCN(C(=O)c2cccc3cccnc23)C1. The number of fused-ring (bicyclic) bond motifs is 1. The maximum atomic E-state index is 12.9. The Hall–Kier alpha value is -1.94. The largest absolute Gasteiger partial charge is 0.337 e. The van der Waals surface area contributed by atoms with Crippen LogP contribution in [0.4, 0.5) is 0 Å². The van der Waals surface area contributed by atoms with Crippen LogP contribution in [-0.2, 0) is 0 Å². The van der Waals surface area contributed by atoms with Gasteiger partial charge in [0, 0.05) is 30.7 Å². The number of pyridine rings is 1. The maximum absolute atomic E-state index is 12.9. The number of aromatic nitrogens is 1. The lowest BCUT2D eigenvalue weighted by molar-refractivity contribution is 0.0779. The van der Waals surface area contributed by atoms with Crippen molar-refractivity contribution in [1.29, 1.82) is 0 Å². The first kappa shape index (κ1) is 15.0. The number of hydrogen-bond donors (Lipinski definition) is 0. The second kappa shape index (κ2) is 6.44. The molecule has 0 bridgehead atoms. The third-order valence-corrected chi connectivity index (χ3v) is 4.64. The molecule has 3 rings (SSSR count). The van der Waals surface area contributed by atoms with Crippen molar-refractivity contribution in [2.24, 2.45) is 0 Å². The summed E-state index contributed by atoms with van der Waals surface area (Å²) < 4.78 is 0. The van der Waals surface area contributed by atoms with Crippen molar-refractivity contribution in [3.05, 3.63) is 42.1 Å². The molecular weight excluding hydrogens is 274 g/mol. The molecule has 2 heterocycles. The van der Waals surface area contributed by atoms with Crippen molar-refractivity contribution < 1.29 is 4.79 Å². The molecule has 0 saturated carbocycles. The van der Waals surface area contributed by atoms with E-state index in [-0.39, 0.29) is 5.91 Å². The Balaban J connectivity index is 1.82. The third-order valence-electron chi connectivity index (χ3n) is 4.64. The quantitative estimate of drug-likeness (QED) is 0.870. The monoisotopic (exact) mass is 297 g/mol. The summed E-state index contributed by atoms with van der Waals surface area (Å²) in [6.07, 6.45) is 2.81. The molecule has 1 aliphatic heterocycles. The van der Waals surface area contributed by atoms with Gasteiger partial charge in [-0.25, -0.2) is 0 Å². The van der Waals surface area contributed by atoms with Crippen LogP contribution in [0.5, 0.6) is 0 Å². The summed E-state index contributed by atoms with van der Waals surface area (Å²) in [4.78, 5) is 21.7. The summed E-state index contributed by atoms with van der Waals surface area (Å²) in [7, 11) is 0. The lowest BCUT2D eigenvalue weighted by Gasteiger charge is -2.26. The van der Waals surface area contributed by atoms with Crippen molar-refractivity contribution in [2.45, 2.75) is 26.3 Å². The first-order valence-electron chi connectivity index (χ1n) is 8.11. The number of para-hydroxylation sites is 1. The number of carbonyl (C=O) groups excluding carboxylic acids is 1. The predicted molar refractivity (Wildman–Crippen MR) is 89.0 cm³/mol. The lowest BCUT2D eigenvalue weighted by Crippen LogP contribution is -2.38. The van der Waals surface area contributed by atoms with Crippen LogP contribution in [0.15, 0.2) is 36.5 Å². The van der Waals surface area contributed by atoms with Gasteiger partial charge in [0.1, 0.15) is 0 Å². The van der Waals surface area contributed by atoms with Gasteiger partial charge < -0.3 is 4.90 Å². The number of carbonyl (C=O) groups is 1. The first-order chi connectivity index (χ1) is 10.7. The number of rotatable bonds is 4. The van der Waals surface area contributed by atoms with Gasteiger partial charge in [-0.1, -0.05) is 32.0 Å². The van der Waals surface area contributed by atoms with E-state index in [0.717, 1.165) is 49.1 Å². The number of nitrogens with zero attached hydrogens (tertiary/aromatic N) is 3. The van der Waals surface area contributed by atoms with Crippen LogP contribution in [-0.4, -0.2) is 52.9 Å². The number of hydrogen-bond acceptors (Lipinski definition) is 3. The highest BCUT2D eigenvalue weighted by Gasteiger charge is 2.30. The topological polar surface area (TPSA) is 36.4 Å². The highest BCUT2D eigenvalue weighted by Crippen LogP contribution is 2.22. The molecule has 1 saturated heterocycles. The van der Waals surface area contributed by atoms with Gasteiger partial charge in [0.05, 0.1) is 11.1 Å². The van der Waals surface area contributed by atoms with Gasteiger partial charge in [0.25, 0.3) is 5.91 Å². The van der Waals surface area contributed by atoms with Gasteiger partial charge in [-0.15, -0.1) is 0 Å². The minimum atomic E-state index is 0.110. The normalized spacial score (nSPS) is 18.3. The van der Waals surface area contributed by atoms with Crippen molar-refractivity contribution in [3.8, 4) is 0 Å². The molecule has 0 aliphatic carbocycles. The highest BCUT2D eigenvalue weighted by molar-refractivity contribution is 6.05. The van der Waals surface area contributed by atoms with Crippen LogP contribution in [0, 0.1) is 0 Å². The average Bonchev–Trinajstić information content (AvgIpc) is 3.05. The van der Waals surface area contributed by atoms with Gasteiger partial charge in [0.15, 0.2) is 0 Å². The fourth-order valence-electron chi connectivity index (χ4n) is 3.41. The molecule has 1 atom stereocenters. The molecule has 4 nitrogen and oxygen atoms in total. The number of benzene rings is 1. The fourth-order valence-corrected chi connectivity index (χ4v) is 3.41. The van der Waals surface area contributed by atoms with E-state index in [1.54, 1.807) is 6.20 Å². The summed E-state index contributed by atoms with van der Waals surface area (Å²) >= 11 is 0. The lowest BCUT2D eigenvalue weighted by atomic mass is 10.1. The van der Waals surface area contributed by atoms with Crippen LogP contribution >= 0.6 is 0 Å². The van der Waals surface area contributed by atoms with E-state index in [1.165, 1.54) is 0 Å². The zero-order chi connectivity index (χ0) is 15.5.